The number of nitrogens with zero attached hydrogens (tertiary/aromatic N) is 3. The molecule has 0 spiro atoms. The van der Waals surface area contributed by atoms with Crippen LogP contribution in [-0.4, -0.2) is 39.2 Å². The molecule has 1 aliphatic rings. The van der Waals surface area contributed by atoms with Crippen molar-refractivity contribution in [2.24, 2.45) is 0 Å². The lowest BCUT2D eigenvalue weighted by Gasteiger charge is -2.42. The van der Waals surface area contributed by atoms with Crippen molar-refractivity contribution in [2.45, 2.75) is 57.5 Å². The monoisotopic (exact) mass is 447 g/mol. The van der Waals surface area contributed by atoms with Gasteiger partial charge in [-0.15, -0.1) is 0 Å². The van der Waals surface area contributed by atoms with Crippen LogP contribution in [0.2, 0.25) is 0 Å². The third kappa shape index (κ3) is 4.07. The molecule has 9 heteroatoms. The summed E-state index contributed by atoms with van der Waals surface area (Å²) in [5.74, 6) is 0. The third-order valence-corrected chi connectivity index (χ3v) is 5.10. The van der Waals surface area contributed by atoms with Crippen LogP contribution in [0.25, 0.3) is 11.0 Å². The number of rotatable bonds is 2. The highest BCUT2D eigenvalue weighted by Crippen LogP contribution is 2.42. The highest BCUT2D eigenvalue weighted by atomic mass is 79.9. The standard InChI is InChI=1S/C18H21BrF3N3O2/c1-17(2,3)27-16(26)24(4)10-7-11(8-10)25-9-13(18(20,21)22)12-5-6-14(19)23-15(12)25/h5-6,9-11H,7-8H2,1-4H3. The summed E-state index contributed by atoms with van der Waals surface area (Å²) in [4.78, 5) is 17.9. The number of hydrogen-bond donors (Lipinski definition) is 0. The minimum atomic E-state index is -4.45. The van der Waals surface area contributed by atoms with E-state index in [1.807, 2.05) is 0 Å². The second-order valence-corrected chi connectivity index (χ2v) is 8.64. The lowest BCUT2D eigenvalue weighted by atomic mass is 9.85. The first-order valence-electron chi connectivity index (χ1n) is 8.57. The zero-order valence-corrected chi connectivity index (χ0v) is 17.1. The van der Waals surface area contributed by atoms with Gasteiger partial charge in [-0.05, 0) is 61.7 Å². The number of ether oxygens (including phenoxy) is 1. The average molecular weight is 448 g/mol. The van der Waals surface area contributed by atoms with Crippen molar-refractivity contribution in [2.75, 3.05) is 7.05 Å². The number of carbonyl (C=O) groups excluding carboxylic acids is 1. The summed E-state index contributed by atoms with van der Waals surface area (Å²) >= 11 is 3.22. The van der Waals surface area contributed by atoms with Gasteiger partial charge in [0.15, 0.2) is 0 Å². The number of fused-ring (bicyclic) bond motifs is 1. The van der Waals surface area contributed by atoms with Gasteiger partial charge in [-0.25, -0.2) is 9.78 Å². The first-order valence-corrected chi connectivity index (χ1v) is 9.36. The Morgan fingerprint density at radius 3 is 2.48 bits per heavy atom. The van der Waals surface area contributed by atoms with Crippen LogP contribution in [0.15, 0.2) is 22.9 Å². The van der Waals surface area contributed by atoms with E-state index < -0.39 is 23.4 Å². The Morgan fingerprint density at radius 2 is 1.93 bits per heavy atom. The Morgan fingerprint density at radius 1 is 1.30 bits per heavy atom. The van der Waals surface area contributed by atoms with E-state index in [2.05, 4.69) is 20.9 Å². The third-order valence-electron chi connectivity index (χ3n) is 4.66. The summed E-state index contributed by atoms with van der Waals surface area (Å²) in [6.45, 7) is 5.36. The summed E-state index contributed by atoms with van der Waals surface area (Å²) in [7, 11) is 1.65. The van der Waals surface area contributed by atoms with Crippen LogP contribution in [0, 0.1) is 0 Å². The maximum Gasteiger partial charge on any atom is 0.418 e. The molecule has 0 atom stereocenters. The topological polar surface area (TPSA) is 47.4 Å². The molecule has 0 N–H and O–H groups in total. The molecule has 1 saturated carbocycles. The van der Waals surface area contributed by atoms with Crippen LogP contribution in [0.1, 0.15) is 45.2 Å². The van der Waals surface area contributed by atoms with Gasteiger partial charge in [-0.2, -0.15) is 13.2 Å². The minimum Gasteiger partial charge on any atom is -0.444 e. The van der Waals surface area contributed by atoms with Crippen LogP contribution >= 0.6 is 15.9 Å². The zero-order chi connectivity index (χ0) is 20.1. The molecule has 1 fully saturated rings. The molecule has 1 aliphatic carbocycles. The van der Waals surface area contributed by atoms with Gasteiger partial charge in [0, 0.05) is 30.7 Å². The number of amides is 1. The van der Waals surface area contributed by atoms with E-state index in [0.717, 1.165) is 6.20 Å². The normalized spacial score (nSPS) is 20.4. The summed E-state index contributed by atoms with van der Waals surface area (Å²) in [6.07, 6.45) is -2.66. The van der Waals surface area contributed by atoms with Crippen LogP contribution in [0.3, 0.4) is 0 Å². The fraction of sp³-hybridized carbons (Fsp3) is 0.556. The maximum atomic E-state index is 13.4. The van der Waals surface area contributed by atoms with E-state index in [0.29, 0.717) is 23.1 Å². The van der Waals surface area contributed by atoms with Crippen molar-refractivity contribution in [3.63, 3.8) is 0 Å². The Bertz CT molecular complexity index is 867. The van der Waals surface area contributed by atoms with Crippen molar-refractivity contribution in [1.82, 2.24) is 14.5 Å². The number of aromatic nitrogens is 2. The Hall–Kier alpha value is -1.77. The fourth-order valence-corrected chi connectivity index (χ4v) is 3.49. The van der Waals surface area contributed by atoms with Gasteiger partial charge < -0.3 is 14.2 Å². The van der Waals surface area contributed by atoms with Gasteiger partial charge in [0.05, 0.1) is 5.56 Å². The van der Waals surface area contributed by atoms with E-state index in [-0.39, 0.29) is 17.5 Å². The first-order chi connectivity index (χ1) is 12.4. The number of carbonyl (C=O) groups is 1. The minimum absolute atomic E-state index is 0.0784. The second kappa shape index (κ2) is 6.68. The Labute approximate surface area is 163 Å². The van der Waals surface area contributed by atoms with E-state index >= 15 is 0 Å². The predicted octanol–water partition coefficient (Wildman–Crippen LogP) is 5.39. The van der Waals surface area contributed by atoms with E-state index in [4.69, 9.17) is 4.74 Å². The first kappa shape index (κ1) is 20.0. The van der Waals surface area contributed by atoms with Gasteiger partial charge in [-0.1, -0.05) is 0 Å². The molecule has 27 heavy (non-hydrogen) atoms. The fourth-order valence-electron chi connectivity index (χ4n) is 3.19. The lowest BCUT2D eigenvalue weighted by molar-refractivity contribution is -0.136. The molecule has 0 aromatic carbocycles. The molecule has 1 amide bonds. The van der Waals surface area contributed by atoms with Crippen molar-refractivity contribution in [3.8, 4) is 0 Å². The Kier molecular flexibility index (Phi) is 4.95. The summed E-state index contributed by atoms with van der Waals surface area (Å²) in [5, 5.41) is 0.0784. The van der Waals surface area contributed by atoms with Gasteiger partial charge in [-0.3, -0.25) is 0 Å². The number of halogens is 4. The van der Waals surface area contributed by atoms with Crippen LogP contribution in [0.4, 0.5) is 18.0 Å². The number of alkyl halides is 3. The molecule has 2 aromatic rings. The van der Waals surface area contributed by atoms with Crippen molar-refractivity contribution < 1.29 is 22.7 Å². The molecule has 148 valence electrons. The molecule has 0 aliphatic heterocycles. The van der Waals surface area contributed by atoms with Crippen LogP contribution < -0.4 is 0 Å². The van der Waals surface area contributed by atoms with Gasteiger partial charge >= 0.3 is 12.3 Å². The summed E-state index contributed by atoms with van der Waals surface area (Å²) in [5.41, 5.74) is -0.996. The molecule has 2 heterocycles. The number of pyridine rings is 1. The SMILES string of the molecule is CN(C(=O)OC(C)(C)C)C1CC(n2cc(C(F)(F)F)c3ccc(Br)nc32)C1. The maximum absolute atomic E-state index is 13.4. The molecule has 0 saturated heterocycles. The molecule has 0 radical (unpaired) electrons. The second-order valence-electron chi connectivity index (χ2n) is 7.82. The van der Waals surface area contributed by atoms with Gasteiger partial charge in [0.2, 0.25) is 0 Å². The highest BCUT2D eigenvalue weighted by molar-refractivity contribution is 9.10. The molecular weight excluding hydrogens is 427 g/mol. The molecule has 2 aromatic heterocycles. The van der Waals surface area contributed by atoms with Crippen LogP contribution in [0.5, 0.6) is 0 Å². The summed E-state index contributed by atoms with van der Waals surface area (Å²) < 4.78 is 47.5. The highest BCUT2D eigenvalue weighted by Gasteiger charge is 2.40. The van der Waals surface area contributed by atoms with E-state index in [1.54, 1.807) is 32.4 Å². The average Bonchev–Trinajstić information content (AvgIpc) is 2.82. The van der Waals surface area contributed by atoms with Crippen molar-refractivity contribution in [1.29, 1.82) is 0 Å². The quantitative estimate of drug-likeness (QED) is 0.579. The lowest BCUT2D eigenvalue weighted by Crippen LogP contribution is -2.47. The number of hydrogen-bond acceptors (Lipinski definition) is 3. The molecule has 0 bridgehead atoms. The predicted molar refractivity (Wildman–Crippen MR) is 98.5 cm³/mol. The largest absolute Gasteiger partial charge is 0.444 e. The van der Waals surface area contributed by atoms with Crippen molar-refractivity contribution in [3.05, 3.63) is 28.5 Å². The molecule has 0 unspecified atom stereocenters. The van der Waals surface area contributed by atoms with Gasteiger partial charge in [0.25, 0.3) is 0 Å². The van der Waals surface area contributed by atoms with E-state index in [9.17, 15) is 18.0 Å². The Balaban J connectivity index is 1.81. The summed E-state index contributed by atoms with van der Waals surface area (Å²) in [6, 6.07) is 2.69. The van der Waals surface area contributed by atoms with Gasteiger partial charge in [0.1, 0.15) is 15.9 Å². The zero-order valence-electron chi connectivity index (χ0n) is 15.5. The molecular formula is C18H21BrF3N3O2. The van der Waals surface area contributed by atoms with E-state index in [1.165, 1.54) is 17.0 Å². The smallest absolute Gasteiger partial charge is 0.418 e. The molecule has 3 rings (SSSR count). The van der Waals surface area contributed by atoms with Crippen LogP contribution in [-0.2, 0) is 10.9 Å². The molecule has 5 nitrogen and oxygen atoms in total. The van der Waals surface area contributed by atoms with Crippen molar-refractivity contribution >= 4 is 33.1 Å².